The third-order valence-corrected chi connectivity index (χ3v) is 1.91. The van der Waals surface area contributed by atoms with Crippen molar-refractivity contribution in [3.63, 3.8) is 0 Å². The molecule has 0 rings (SSSR count). The molecule has 0 aromatic rings. The van der Waals surface area contributed by atoms with Gasteiger partial charge in [-0.25, -0.2) is 0 Å². The molecule has 2 heteroatoms. The van der Waals surface area contributed by atoms with E-state index in [0.29, 0.717) is 12.3 Å². The van der Waals surface area contributed by atoms with Crippen molar-refractivity contribution in [3.8, 4) is 0 Å². The summed E-state index contributed by atoms with van der Waals surface area (Å²) in [6.07, 6.45) is 9.75. The van der Waals surface area contributed by atoms with E-state index in [4.69, 9.17) is 5.41 Å². The van der Waals surface area contributed by atoms with Gasteiger partial charge in [0.2, 0.25) is 0 Å². The van der Waals surface area contributed by atoms with E-state index in [0.717, 1.165) is 5.70 Å². The van der Waals surface area contributed by atoms with Crippen LogP contribution in [0.3, 0.4) is 0 Å². The molecule has 0 atom stereocenters. The molecule has 0 spiro atoms. The van der Waals surface area contributed by atoms with E-state index in [1.807, 2.05) is 58.2 Å². The van der Waals surface area contributed by atoms with Gasteiger partial charge < -0.3 is 10.3 Å². The van der Waals surface area contributed by atoms with Crippen LogP contribution in [0, 0.1) is 5.41 Å². The standard InChI is InChI=1S/C12H20N2/c1-5-7-9-11(3)14(4)10-12(13)8-6-2/h5-9,13H,10H2,1-4H3/b7-5-,8-6-,11-9+,13-12?. The lowest BCUT2D eigenvalue weighted by atomic mass is 10.3. The Morgan fingerprint density at radius 1 is 1.29 bits per heavy atom. The zero-order valence-corrected chi connectivity index (χ0v) is 9.54. The predicted molar refractivity (Wildman–Crippen MR) is 63.7 cm³/mol. The maximum Gasteiger partial charge on any atom is 0.0588 e. The third kappa shape index (κ3) is 5.36. The first-order valence-corrected chi connectivity index (χ1v) is 4.82. The molecular weight excluding hydrogens is 172 g/mol. The van der Waals surface area contributed by atoms with Gasteiger partial charge in [-0.1, -0.05) is 18.2 Å². The monoisotopic (exact) mass is 192 g/mol. The fraction of sp³-hybridized carbons (Fsp3) is 0.417. The van der Waals surface area contributed by atoms with Crippen LogP contribution in [-0.2, 0) is 0 Å². The van der Waals surface area contributed by atoms with Gasteiger partial charge >= 0.3 is 0 Å². The summed E-state index contributed by atoms with van der Waals surface area (Å²) in [5, 5.41) is 7.62. The summed E-state index contributed by atoms with van der Waals surface area (Å²) in [5.74, 6) is 0. The van der Waals surface area contributed by atoms with Crippen LogP contribution in [0.4, 0.5) is 0 Å². The van der Waals surface area contributed by atoms with Crippen molar-refractivity contribution >= 4 is 5.71 Å². The molecule has 0 aromatic heterocycles. The Morgan fingerprint density at radius 2 is 1.93 bits per heavy atom. The summed E-state index contributed by atoms with van der Waals surface area (Å²) in [6, 6.07) is 0. The van der Waals surface area contributed by atoms with Crippen LogP contribution in [0.1, 0.15) is 20.8 Å². The van der Waals surface area contributed by atoms with E-state index in [1.54, 1.807) is 0 Å². The Balaban J connectivity index is 4.20. The lowest BCUT2D eigenvalue weighted by Gasteiger charge is -2.18. The highest BCUT2D eigenvalue weighted by molar-refractivity contribution is 5.93. The molecule has 0 saturated carbocycles. The number of hydrogen-bond acceptors (Lipinski definition) is 2. The van der Waals surface area contributed by atoms with E-state index in [9.17, 15) is 0 Å². The summed E-state index contributed by atoms with van der Waals surface area (Å²) in [7, 11) is 1.99. The number of rotatable bonds is 5. The first kappa shape index (κ1) is 12.7. The SMILES string of the molecule is C/C=C\C=C(/C)N(C)CC(=N)/C=C\C. The van der Waals surface area contributed by atoms with Crippen molar-refractivity contribution in [3.05, 3.63) is 36.1 Å². The quantitative estimate of drug-likeness (QED) is 0.526. The number of nitrogens with zero attached hydrogens (tertiary/aromatic N) is 1. The maximum absolute atomic E-state index is 7.62. The average Bonchev–Trinajstić information content (AvgIpc) is 2.14. The second-order valence-electron chi connectivity index (χ2n) is 3.22. The third-order valence-electron chi connectivity index (χ3n) is 1.91. The molecule has 0 bridgehead atoms. The predicted octanol–water partition coefficient (Wildman–Crippen LogP) is 2.99. The van der Waals surface area contributed by atoms with Crippen LogP contribution in [0.5, 0.6) is 0 Å². The van der Waals surface area contributed by atoms with Gasteiger partial charge in [0.15, 0.2) is 0 Å². The first-order chi connectivity index (χ1) is 6.61. The molecular formula is C12H20N2. The van der Waals surface area contributed by atoms with Crippen LogP contribution in [0.2, 0.25) is 0 Å². The lowest BCUT2D eigenvalue weighted by molar-refractivity contribution is 0.479. The van der Waals surface area contributed by atoms with Crippen LogP contribution >= 0.6 is 0 Å². The highest BCUT2D eigenvalue weighted by Gasteiger charge is 1.99. The van der Waals surface area contributed by atoms with Gasteiger partial charge in [-0.2, -0.15) is 0 Å². The van der Waals surface area contributed by atoms with Crippen molar-refractivity contribution in [2.24, 2.45) is 0 Å². The van der Waals surface area contributed by atoms with E-state index < -0.39 is 0 Å². The molecule has 0 saturated heterocycles. The molecule has 0 radical (unpaired) electrons. The molecule has 2 nitrogen and oxygen atoms in total. The first-order valence-electron chi connectivity index (χ1n) is 4.82. The molecule has 0 heterocycles. The average molecular weight is 192 g/mol. The number of hydrogen-bond donors (Lipinski definition) is 1. The Labute approximate surface area is 87.1 Å². The Bertz CT molecular complexity index is 259. The van der Waals surface area contributed by atoms with E-state index >= 15 is 0 Å². The number of nitrogens with one attached hydrogen (secondary N) is 1. The minimum absolute atomic E-state index is 0.628. The largest absolute Gasteiger partial charge is 0.372 e. The second-order valence-corrected chi connectivity index (χ2v) is 3.22. The van der Waals surface area contributed by atoms with Crippen molar-refractivity contribution in [1.29, 1.82) is 5.41 Å². The van der Waals surface area contributed by atoms with Gasteiger partial charge in [0, 0.05) is 12.7 Å². The molecule has 0 aliphatic carbocycles. The van der Waals surface area contributed by atoms with Crippen molar-refractivity contribution in [1.82, 2.24) is 4.90 Å². The molecule has 0 unspecified atom stereocenters. The Morgan fingerprint density at radius 3 is 2.43 bits per heavy atom. The summed E-state index contributed by atoms with van der Waals surface area (Å²) >= 11 is 0. The maximum atomic E-state index is 7.62. The molecule has 0 aliphatic heterocycles. The van der Waals surface area contributed by atoms with Gasteiger partial charge in [-0.3, -0.25) is 0 Å². The van der Waals surface area contributed by atoms with Gasteiger partial charge in [0.05, 0.1) is 12.3 Å². The van der Waals surface area contributed by atoms with Crippen LogP contribution in [-0.4, -0.2) is 24.2 Å². The van der Waals surface area contributed by atoms with Crippen molar-refractivity contribution in [2.45, 2.75) is 20.8 Å². The Kier molecular flexibility index (Phi) is 6.46. The molecule has 0 aliphatic rings. The molecule has 14 heavy (non-hydrogen) atoms. The normalized spacial score (nSPS) is 12.7. The van der Waals surface area contributed by atoms with Gasteiger partial charge in [-0.05, 0) is 32.9 Å². The van der Waals surface area contributed by atoms with Crippen molar-refractivity contribution < 1.29 is 0 Å². The number of allylic oxidation sites excluding steroid dienone is 5. The summed E-state index contributed by atoms with van der Waals surface area (Å²) in [6.45, 7) is 6.62. The molecule has 0 amide bonds. The fourth-order valence-corrected chi connectivity index (χ4v) is 0.997. The zero-order valence-electron chi connectivity index (χ0n) is 9.54. The second kappa shape index (κ2) is 7.13. The summed E-state index contributed by atoms with van der Waals surface area (Å²) in [5.41, 5.74) is 1.79. The highest BCUT2D eigenvalue weighted by Crippen LogP contribution is 2.00. The minimum Gasteiger partial charge on any atom is -0.372 e. The topological polar surface area (TPSA) is 27.1 Å². The van der Waals surface area contributed by atoms with Gasteiger partial charge in [0.25, 0.3) is 0 Å². The molecule has 0 aromatic carbocycles. The van der Waals surface area contributed by atoms with E-state index in [-0.39, 0.29) is 0 Å². The fourth-order valence-electron chi connectivity index (χ4n) is 0.997. The zero-order chi connectivity index (χ0) is 11.0. The lowest BCUT2D eigenvalue weighted by Crippen LogP contribution is -2.22. The van der Waals surface area contributed by atoms with E-state index in [2.05, 4.69) is 4.90 Å². The van der Waals surface area contributed by atoms with Crippen molar-refractivity contribution in [2.75, 3.05) is 13.6 Å². The summed E-state index contributed by atoms with van der Waals surface area (Å²) < 4.78 is 0. The molecule has 0 fully saturated rings. The molecule has 78 valence electrons. The van der Waals surface area contributed by atoms with Crippen LogP contribution in [0.15, 0.2) is 36.1 Å². The summed E-state index contributed by atoms with van der Waals surface area (Å²) in [4.78, 5) is 2.06. The van der Waals surface area contributed by atoms with Crippen LogP contribution < -0.4 is 0 Å². The van der Waals surface area contributed by atoms with Crippen LogP contribution in [0.25, 0.3) is 0 Å². The molecule has 1 N–H and O–H groups in total. The smallest absolute Gasteiger partial charge is 0.0588 e. The van der Waals surface area contributed by atoms with Gasteiger partial charge in [0.1, 0.15) is 0 Å². The Hall–Kier alpha value is -1.31. The highest BCUT2D eigenvalue weighted by atomic mass is 15.1. The van der Waals surface area contributed by atoms with Gasteiger partial charge in [-0.15, -0.1) is 0 Å². The minimum atomic E-state index is 0.628. The van der Waals surface area contributed by atoms with E-state index in [1.165, 1.54) is 0 Å².